The Labute approximate surface area is 218 Å². The number of carbonyl (C=O) groups excluding carboxylic acids is 2. The lowest BCUT2D eigenvalue weighted by Gasteiger charge is -2.25. The minimum absolute atomic E-state index is 0. The standard InChI is InChI=1S/C25H36N2O4.2BrH/c1-26(2,13-15-28)24(30)18-22-9-5-20(6-10-22)17-21-7-11-23(12-8-21)19-25(31)27(3,4)14-16-29;;/h5-12,28-29H,13-19H2,1-4H3;2*1H/q+2;;/p-2. The van der Waals surface area contributed by atoms with E-state index in [4.69, 9.17) is 10.2 Å². The zero-order valence-electron chi connectivity index (χ0n) is 19.9. The minimum atomic E-state index is -0.00975. The van der Waals surface area contributed by atoms with Crippen LogP contribution in [0.1, 0.15) is 22.3 Å². The number of nitrogens with zero attached hydrogens (tertiary/aromatic N) is 2. The zero-order valence-corrected chi connectivity index (χ0v) is 23.1. The summed E-state index contributed by atoms with van der Waals surface area (Å²) in [4.78, 5) is 24.9. The number of benzene rings is 2. The van der Waals surface area contributed by atoms with Gasteiger partial charge >= 0.3 is 11.8 Å². The van der Waals surface area contributed by atoms with Crippen LogP contribution in [0.15, 0.2) is 48.5 Å². The second-order valence-corrected chi connectivity index (χ2v) is 9.22. The van der Waals surface area contributed by atoms with E-state index in [-0.39, 0.29) is 68.0 Å². The molecule has 2 N–H and O–H groups in total. The molecule has 2 aromatic rings. The van der Waals surface area contributed by atoms with Crippen molar-refractivity contribution in [2.45, 2.75) is 19.3 Å². The van der Waals surface area contributed by atoms with Crippen LogP contribution in [0.3, 0.4) is 0 Å². The largest absolute Gasteiger partial charge is 1.00 e. The van der Waals surface area contributed by atoms with Gasteiger partial charge in [-0.15, -0.1) is 0 Å². The molecule has 0 saturated carbocycles. The van der Waals surface area contributed by atoms with Crippen molar-refractivity contribution >= 4 is 11.8 Å². The Balaban J connectivity index is 0.00000512. The summed E-state index contributed by atoms with van der Waals surface area (Å²) in [5, 5.41) is 18.2. The Kier molecular flexibility index (Phi) is 13.5. The molecule has 0 bridgehead atoms. The maximum atomic E-state index is 12.4. The van der Waals surface area contributed by atoms with Gasteiger partial charge in [-0.25, -0.2) is 9.59 Å². The Morgan fingerprint density at radius 3 is 1.15 bits per heavy atom. The van der Waals surface area contributed by atoms with Crippen molar-refractivity contribution in [3.05, 3.63) is 70.8 Å². The van der Waals surface area contributed by atoms with Crippen LogP contribution in [0.25, 0.3) is 0 Å². The van der Waals surface area contributed by atoms with Gasteiger partial charge in [0, 0.05) is 0 Å². The van der Waals surface area contributed by atoms with E-state index in [1.165, 1.54) is 0 Å². The number of carbonyl (C=O) groups is 2. The number of likely N-dealkylation sites (N-methyl/N-ethyl adjacent to an activating group) is 2. The maximum Gasteiger partial charge on any atom is 0.317 e. The fourth-order valence-electron chi connectivity index (χ4n) is 3.31. The van der Waals surface area contributed by atoms with Gasteiger partial charge in [-0.05, 0) is 28.7 Å². The van der Waals surface area contributed by atoms with Gasteiger partial charge < -0.3 is 44.2 Å². The van der Waals surface area contributed by atoms with Crippen LogP contribution in [0.2, 0.25) is 0 Å². The molecule has 2 amide bonds. The van der Waals surface area contributed by atoms with E-state index >= 15 is 0 Å². The highest BCUT2D eigenvalue weighted by molar-refractivity contribution is 5.72. The van der Waals surface area contributed by atoms with Gasteiger partial charge in [0.2, 0.25) is 0 Å². The third kappa shape index (κ3) is 9.76. The number of hydrogen-bond donors (Lipinski definition) is 2. The van der Waals surface area contributed by atoms with Crippen molar-refractivity contribution in [2.75, 3.05) is 54.5 Å². The number of amides is 2. The van der Waals surface area contributed by atoms with Gasteiger partial charge in [0.25, 0.3) is 0 Å². The number of aliphatic hydroxyl groups excluding tert-OH is 2. The lowest BCUT2D eigenvalue weighted by atomic mass is 10.0. The predicted octanol–water partition coefficient (Wildman–Crippen LogP) is -4.44. The number of hydrogen-bond acceptors (Lipinski definition) is 4. The van der Waals surface area contributed by atoms with E-state index in [1.54, 1.807) is 0 Å². The Morgan fingerprint density at radius 2 is 0.879 bits per heavy atom. The molecular weight excluding hydrogens is 552 g/mol. The average molecular weight is 588 g/mol. The molecule has 0 atom stereocenters. The van der Waals surface area contributed by atoms with E-state index in [9.17, 15) is 9.59 Å². The minimum Gasteiger partial charge on any atom is -1.00 e. The van der Waals surface area contributed by atoms with Gasteiger partial charge in [-0.2, -0.15) is 0 Å². The van der Waals surface area contributed by atoms with Crippen LogP contribution in [0.4, 0.5) is 0 Å². The molecule has 33 heavy (non-hydrogen) atoms. The Hall–Kier alpha value is -1.42. The van der Waals surface area contributed by atoms with Crippen molar-refractivity contribution in [1.82, 2.24) is 0 Å². The molecule has 0 aromatic heterocycles. The molecule has 8 heteroatoms. The normalized spacial score (nSPS) is 11.3. The number of rotatable bonds is 10. The lowest BCUT2D eigenvalue weighted by molar-refractivity contribution is -0.814. The highest BCUT2D eigenvalue weighted by Gasteiger charge is 2.26. The second kappa shape index (κ2) is 14.1. The predicted molar refractivity (Wildman–Crippen MR) is 121 cm³/mol. The first-order valence-electron chi connectivity index (χ1n) is 10.7. The fraction of sp³-hybridized carbons (Fsp3) is 0.440. The third-order valence-corrected chi connectivity index (χ3v) is 5.83. The van der Waals surface area contributed by atoms with Crippen molar-refractivity contribution in [3.8, 4) is 0 Å². The number of aliphatic hydroxyl groups is 2. The molecular formula is C25H36Br2N2O4. The zero-order chi connectivity index (χ0) is 23.1. The molecule has 0 unspecified atom stereocenters. The summed E-state index contributed by atoms with van der Waals surface area (Å²) in [7, 11) is 7.27. The summed E-state index contributed by atoms with van der Waals surface area (Å²) >= 11 is 0. The molecule has 0 fully saturated rings. The first kappa shape index (κ1) is 31.6. The van der Waals surface area contributed by atoms with Crippen LogP contribution in [-0.4, -0.2) is 85.5 Å². The summed E-state index contributed by atoms with van der Waals surface area (Å²) in [5.41, 5.74) is 4.25. The maximum absolute atomic E-state index is 12.4. The lowest BCUT2D eigenvalue weighted by Crippen LogP contribution is -3.00. The summed E-state index contributed by atoms with van der Waals surface area (Å²) in [6.07, 6.45) is 1.48. The number of halogens is 2. The van der Waals surface area contributed by atoms with Crippen LogP contribution in [0, 0.1) is 0 Å². The van der Waals surface area contributed by atoms with Gasteiger partial charge in [-0.1, -0.05) is 48.5 Å². The summed E-state index contributed by atoms with van der Waals surface area (Å²) in [5.74, 6) is 0.153. The fourth-order valence-corrected chi connectivity index (χ4v) is 3.31. The molecule has 0 saturated heterocycles. The molecule has 2 aromatic carbocycles. The van der Waals surface area contributed by atoms with E-state index in [2.05, 4.69) is 0 Å². The van der Waals surface area contributed by atoms with Gasteiger partial charge in [-0.3, -0.25) is 8.97 Å². The monoisotopic (exact) mass is 586 g/mol. The number of quaternary nitrogens is 2. The molecule has 0 aliphatic heterocycles. The molecule has 0 aliphatic carbocycles. The van der Waals surface area contributed by atoms with Crippen LogP contribution >= 0.6 is 0 Å². The van der Waals surface area contributed by atoms with Crippen LogP contribution < -0.4 is 34.0 Å². The quantitative estimate of drug-likeness (QED) is 0.275. The van der Waals surface area contributed by atoms with Crippen molar-refractivity contribution in [2.24, 2.45) is 0 Å². The van der Waals surface area contributed by atoms with E-state index in [1.807, 2.05) is 76.7 Å². The molecule has 0 heterocycles. The second-order valence-electron chi connectivity index (χ2n) is 9.22. The van der Waals surface area contributed by atoms with E-state index in [0.29, 0.717) is 25.9 Å². The smallest absolute Gasteiger partial charge is 0.317 e. The highest BCUT2D eigenvalue weighted by Crippen LogP contribution is 2.15. The Bertz CT molecular complexity index is 809. The molecule has 6 nitrogen and oxygen atoms in total. The summed E-state index contributed by atoms with van der Waals surface area (Å²) in [6.45, 7) is 0.807. The first-order chi connectivity index (χ1) is 14.6. The molecule has 184 valence electrons. The topological polar surface area (TPSA) is 74.6 Å². The van der Waals surface area contributed by atoms with Crippen LogP contribution in [-0.2, 0) is 28.9 Å². The van der Waals surface area contributed by atoms with Crippen molar-refractivity contribution in [1.29, 1.82) is 0 Å². The van der Waals surface area contributed by atoms with Gasteiger partial charge in [0.15, 0.2) is 0 Å². The molecule has 0 spiro atoms. The van der Waals surface area contributed by atoms with Gasteiger partial charge in [0.1, 0.15) is 13.1 Å². The summed E-state index contributed by atoms with van der Waals surface area (Å²) in [6, 6.07) is 16.1. The van der Waals surface area contributed by atoms with Crippen molar-refractivity contribution < 1.29 is 62.7 Å². The van der Waals surface area contributed by atoms with E-state index in [0.717, 1.165) is 28.7 Å². The van der Waals surface area contributed by atoms with Crippen LogP contribution in [0.5, 0.6) is 0 Å². The highest BCUT2D eigenvalue weighted by atomic mass is 79.9. The third-order valence-electron chi connectivity index (χ3n) is 5.83. The average Bonchev–Trinajstić information content (AvgIpc) is 2.70. The molecule has 0 aliphatic rings. The molecule has 2 rings (SSSR count). The Morgan fingerprint density at radius 1 is 0.606 bits per heavy atom. The van der Waals surface area contributed by atoms with Crippen molar-refractivity contribution in [3.63, 3.8) is 0 Å². The first-order valence-corrected chi connectivity index (χ1v) is 10.7. The van der Waals surface area contributed by atoms with Gasteiger partial charge in [0.05, 0.1) is 54.2 Å². The summed E-state index contributed by atoms with van der Waals surface area (Å²) < 4.78 is 0.340. The molecule has 0 radical (unpaired) electrons. The van der Waals surface area contributed by atoms with E-state index < -0.39 is 0 Å². The SMILES string of the molecule is C[N+](C)(CCO)C(=O)Cc1ccc(Cc2ccc(CC(=O)[N+](C)(C)CCO)cc2)cc1.[Br-].[Br-].